The molecule has 0 saturated heterocycles. The molecule has 2 unspecified atom stereocenters. The third kappa shape index (κ3) is 4.33. The summed E-state index contributed by atoms with van der Waals surface area (Å²) in [6.07, 6.45) is 2.12. The van der Waals surface area contributed by atoms with Gasteiger partial charge in [0, 0.05) is 15.5 Å². The quantitative estimate of drug-likeness (QED) is 0.561. The van der Waals surface area contributed by atoms with E-state index in [1.54, 1.807) is 31.2 Å². The Bertz CT molecular complexity index is 1010. The summed E-state index contributed by atoms with van der Waals surface area (Å²) >= 11 is 7.24. The van der Waals surface area contributed by atoms with Crippen LogP contribution in [0.3, 0.4) is 0 Å². The molecule has 0 fully saturated rings. The Morgan fingerprint density at radius 3 is 2.83 bits per heavy atom. The molecule has 4 rings (SSSR count). The van der Waals surface area contributed by atoms with E-state index < -0.39 is 17.3 Å². The second kappa shape index (κ2) is 8.20. The van der Waals surface area contributed by atoms with E-state index in [9.17, 15) is 14.4 Å². The fourth-order valence-electron chi connectivity index (χ4n) is 3.67. The van der Waals surface area contributed by atoms with Crippen molar-refractivity contribution < 1.29 is 19.1 Å². The summed E-state index contributed by atoms with van der Waals surface area (Å²) < 4.78 is 5.34. The van der Waals surface area contributed by atoms with Gasteiger partial charge in [0.1, 0.15) is 0 Å². The van der Waals surface area contributed by atoms with Crippen LogP contribution >= 0.6 is 23.4 Å². The number of amides is 1. The van der Waals surface area contributed by atoms with Crippen LogP contribution in [-0.2, 0) is 27.2 Å². The number of fused-ring (bicyclic) bond motifs is 2. The Morgan fingerprint density at radius 2 is 2.00 bits per heavy atom. The highest BCUT2D eigenvalue weighted by molar-refractivity contribution is 8.01. The molecule has 29 heavy (non-hydrogen) atoms. The molecule has 1 aliphatic heterocycles. The van der Waals surface area contributed by atoms with E-state index in [1.165, 1.54) is 22.9 Å². The lowest BCUT2D eigenvalue weighted by atomic mass is 10.0. The number of anilines is 1. The zero-order valence-corrected chi connectivity index (χ0v) is 17.4. The summed E-state index contributed by atoms with van der Waals surface area (Å²) in [7, 11) is 0. The topological polar surface area (TPSA) is 72.5 Å². The Labute approximate surface area is 178 Å². The SMILES string of the molecule is CC(OC(=O)CC1Sc2ccc(Cl)cc2NC1=O)C(=O)c1ccc2c(c1)CCC2. The van der Waals surface area contributed by atoms with E-state index in [2.05, 4.69) is 5.32 Å². The highest BCUT2D eigenvalue weighted by Crippen LogP contribution is 2.38. The normalized spacial score (nSPS) is 18.4. The Morgan fingerprint density at radius 1 is 1.21 bits per heavy atom. The van der Waals surface area contributed by atoms with Crippen molar-refractivity contribution in [1.82, 2.24) is 0 Å². The number of Topliss-reactive ketones (excluding diaryl/α,β-unsaturated/α-hetero) is 1. The molecule has 2 aliphatic rings. The number of rotatable bonds is 5. The van der Waals surface area contributed by atoms with Crippen LogP contribution in [0.1, 0.15) is 41.3 Å². The molecule has 2 aromatic rings. The van der Waals surface area contributed by atoms with Gasteiger partial charge in [0.2, 0.25) is 11.7 Å². The number of carbonyl (C=O) groups is 3. The first-order valence-corrected chi connectivity index (χ1v) is 10.8. The summed E-state index contributed by atoms with van der Waals surface area (Å²) in [6, 6.07) is 10.9. The smallest absolute Gasteiger partial charge is 0.308 e. The molecular weight excluding hydrogens is 410 g/mol. The first-order chi connectivity index (χ1) is 13.9. The Hall–Kier alpha value is -2.31. The summed E-state index contributed by atoms with van der Waals surface area (Å²) in [5.74, 6) is -1.08. The number of ether oxygens (including phenoxy) is 1. The predicted molar refractivity (Wildman–Crippen MR) is 113 cm³/mol. The van der Waals surface area contributed by atoms with E-state index in [0.29, 0.717) is 16.3 Å². The van der Waals surface area contributed by atoms with Crippen LogP contribution in [0.4, 0.5) is 5.69 Å². The van der Waals surface area contributed by atoms with Crippen molar-refractivity contribution in [3.8, 4) is 0 Å². The maximum Gasteiger partial charge on any atom is 0.308 e. The molecule has 1 heterocycles. The third-order valence-corrected chi connectivity index (χ3v) is 6.68. The van der Waals surface area contributed by atoms with Gasteiger partial charge >= 0.3 is 5.97 Å². The molecule has 0 radical (unpaired) electrons. The highest BCUT2D eigenvalue weighted by Gasteiger charge is 2.31. The van der Waals surface area contributed by atoms with Crippen LogP contribution < -0.4 is 5.32 Å². The third-order valence-electron chi connectivity index (χ3n) is 5.17. The molecule has 1 aliphatic carbocycles. The Balaban J connectivity index is 1.37. The zero-order chi connectivity index (χ0) is 20.5. The van der Waals surface area contributed by atoms with E-state index in [4.69, 9.17) is 16.3 Å². The lowest BCUT2D eigenvalue weighted by molar-refractivity contribution is -0.147. The lowest BCUT2D eigenvalue weighted by Gasteiger charge is -2.24. The van der Waals surface area contributed by atoms with Gasteiger partial charge in [0.05, 0.1) is 17.4 Å². The average molecular weight is 430 g/mol. The fraction of sp³-hybridized carbons (Fsp3) is 0.318. The molecule has 2 aromatic carbocycles. The maximum atomic E-state index is 12.7. The molecule has 7 heteroatoms. The number of aryl methyl sites for hydroxylation is 2. The average Bonchev–Trinajstić information content (AvgIpc) is 3.15. The van der Waals surface area contributed by atoms with Gasteiger partial charge in [0.25, 0.3) is 0 Å². The number of nitrogens with one attached hydrogen (secondary N) is 1. The van der Waals surface area contributed by atoms with Crippen molar-refractivity contribution in [1.29, 1.82) is 0 Å². The molecule has 1 amide bonds. The summed E-state index contributed by atoms with van der Waals surface area (Å²) in [4.78, 5) is 38.2. The largest absolute Gasteiger partial charge is 0.454 e. The van der Waals surface area contributed by atoms with Crippen molar-refractivity contribution >= 4 is 46.7 Å². The summed E-state index contributed by atoms with van der Waals surface area (Å²) in [6.45, 7) is 1.57. The van der Waals surface area contributed by atoms with Gasteiger partial charge < -0.3 is 10.1 Å². The summed E-state index contributed by atoms with van der Waals surface area (Å²) in [5, 5.41) is 2.68. The minimum absolute atomic E-state index is 0.111. The molecular formula is C22H20ClNO4S. The van der Waals surface area contributed by atoms with Crippen molar-refractivity contribution in [3.05, 3.63) is 58.1 Å². The van der Waals surface area contributed by atoms with Crippen LogP contribution in [0, 0.1) is 0 Å². The fourth-order valence-corrected chi connectivity index (χ4v) is 4.91. The second-order valence-electron chi connectivity index (χ2n) is 7.27. The second-order valence-corrected chi connectivity index (χ2v) is 8.95. The van der Waals surface area contributed by atoms with Gasteiger partial charge in [0.15, 0.2) is 6.10 Å². The summed E-state index contributed by atoms with van der Waals surface area (Å²) in [5.41, 5.74) is 3.68. The van der Waals surface area contributed by atoms with E-state index in [1.807, 2.05) is 12.1 Å². The first-order valence-electron chi connectivity index (χ1n) is 9.53. The zero-order valence-electron chi connectivity index (χ0n) is 15.9. The van der Waals surface area contributed by atoms with E-state index in [-0.39, 0.29) is 18.1 Å². The first kappa shape index (κ1) is 20.0. The molecule has 150 valence electrons. The Kier molecular flexibility index (Phi) is 5.65. The van der Waals surface area contributed by atoms with Crippen LogP contribution in [0.5, 0.6) is 0 Å². The molecule has 0 aromatic heterocycles. The van der Waals surface area contributed by atoms with Gasteiger partial charge in [-0.3, -0.25) is 14.4 Å². The number of ketones is 1. The number of thioether (sulfide) groups is 1. The van der Waals surface area contributed by atoms with Gasteiger partial charge in [-0.05, 0) is 61.6 Å². The van der Waals surface area contributed by atoms with Crippen LogP contribution in [-0.4, -0.2) is 29.0 Å². The van der Waals surface area contributed by atoms with Crippen LogP contribution in [0.15, 0.2) is 41.3 Å². The maximum absolute atomic E-state index is 12.7. The standard InChI is InChI=1S/C22H20ClNO4S/c1-12(21(26)15-6-5-13-3-2-4-14(13)9-15)28-20(25)11-19-22(27)24-17-10-16(23)7-8-18(17)29-19/h5-10,12,19H,2-4,11H2,1H3,(H,24,27). The highest BCUT2D eigenvalue weighted by atomic mass is 35.5. The van der Waals surface area contributed by atoms with Crippen molar-refractivity contribution in [2.24, 2.45) is 0 Å². The molecule has 0 spiro atoms. The number of benzene rings is 2. The van der Waals surface area contributed by atoms with Gasteiger partial charge in [-0.1, -0.05) is 23.7 Å². The van der Waals surface area contributed by atoms with Gasteiger partial charge in [-0.2, -0.15) is 0 Å². The van der Waals surface area contributed by atoms with Gasteiger partial charge in [-0.15, -0.1) is 11.8 Å². The molecule has 0 bridgehead atoms. The van der Waals surface area contributed by atoms with E-state index in [0.717, 1.165) is 24.2 Å². The number of hydrogen-bond donors (Lipinski definition) is 1. The van der Waals surface area contributed by atoms with Crippen molar-refractivity contribution in [2.75, 3.05) is 5.32 Å². The lowest BCUT2D eigenvalue weighted by Crippen LogP contribution is -2.33. The van der Waals surface area contributed by atoms with Crippen molar-refractivity contribution in [3.63, 3.8) is 0 Å². The number of esters is 1. The molecule has 0 saturated carbocycles. The predicted octanol–water partition coefficient (Wildman–Crippen LogP) is 4.45. The number of halogens is 1. The van der Waals surface area contributed by atoms with Crippen LogP contribution in [0.25, 0.3) is 0 Å². The van der Waals surface area contributed by atoms with Gasteiger partial charge in [-0.25, -0.2) is 0 Å². The minimum atomic E-state index is -0.898. The number of carbonyl (C=O) groups excluding carboxylic acids is 3. The van der Waals surface area contributed by atoms with E-state index >= 15 is 0 Å². The van der Waals surface area contributed by atoms with Crippen molar-refractivity contribution in [2.45, 2.75) is 48.9 Å². The molecule has 1 N–H and O–H groups in total. The molecule has 5 nitrogen and oxygen atoms in total. The van der Waals surface area contributed by atoms with Crippen LogP contribution in [0.2, 0.25) is 5.02 Å². The minimum Gasteiger partial charge on any atom is -0.454 e. The molecule has 2 atom stereocenters. The monoisotopic (exact) mass is 429 g/mol. The number of hydrogen-bond acceptors (Lipinski definition) is 5.